The maximum Gasteiger partial charge on any atom is 0.490 e. The zero-order chi connectivity index (χ0) is 19.0. The lowest BCUT2D eigenvalue weighted by molar-refractivity contribution is -0.201. The van der Waals surface area contributed by atoms with Crippen molar-refractivity contribution in [2.75, 3.05) is 19.8 Å². The highest BCUT2D eigenvalue weighted by atomic mass is 19.4. The third-order valence-corrected chi connectivity index (χ3v) is 5.07. The van der Waals surface area contributed by atoms with Gasteiger partial charge in [0.15, 0.2) is 6.29 Å². The summed E-state index contributed by atoms with van der Waals surface area (Å²) in [5.41, 5.74) is 0. The lowest BCUT2D eigenvalue weighted by Crippen LogP contribution is -2.31. The van der Waals surface area contributed by atoms with Crippen LogP contribution in [-0.4, -0.2) is 38.3 Å². The van der Waals surface area contributed by atoms with Gasteiger partial charge in [0.05, 0.1) is 19.8 Å². The number of carbonyl (C=O) groups excluding carboxylic acids is 1. The molecule has 7 heteroatoms. The van der Waals surface area contributed by atoms with Gasteiger partial charge in [0.2, 0.25) is 0 Å². The second-order valence-electron chi connectivity index (χ2n) is 7.31. The van der Waals surface area contributed by atoms with Crippen LogP contribution >= 0.6 is 0 Å². The first-order chi connectivity index (χ1) is 12.4. The summed E-state index contributed by atoms with van der Waals surface area (Å²) in [7, 11) is 0. The summed E-state index contributed by atoms with van der Waals surface area (Å²) in [6.45, 7) is 3.48. The minimum Gasteiger partial charge on any atom is -0.459 e. The minimum atomic E-state index is -4.91. The number of rotatable bonds is 7. The van der Waals surface area contributed by atoms with E-state index in [1.165, 1.54) is 12.8 Å². The van der Waals surface area contributed by atoms with E-state index in [9.17, 15) is 18.0 Å². The normalized spacial score (nSPS) is 30.5. The zero-order valence-corrected chi connectivity index (χ0v) is 15.3. The van der Waals surface area contributed by atoms with Crippen LogP contribution in [0.5, 0.6) is 0 Å². The third-order valence-electron chi connectivity index (χ3n) is 5.07. The number of carbonyl (C=O) groups is 1. The molecule has 0 aromatic carbocycles. The average Bonchev–Trinajstić information content (AvgIpc) is 2.63. The molecule has 0 aromatic rings. The molecule has 0 N–H and O–H groups in total. The molecule has 0 atom stereocenters. The molecule has 0 spiro atoms. The Balaban J connectivity index is 1.61. The lowest BCUT2D eigenvalue weighted by atomic mass is 9.82. The largest absolute Gasteiger partial charge is 0.490 e. The highest BCUT2D eigenvalue weighted by molar-refractivity contribution is 5.75. The average molecular weight is 378 g/mol. The number of alkyl halides is 3. The topological polar surface area (TPSA) is 44.8 Å². The van der Waals surface area contributed by atoms with Crippen LogP contribution in [0.1, 0.15) is 51.9 Å². The number of esters is 1. The van der Waals surface area contributed by atoms with Gasteiger partial charge in [0, 0.05) is 5.92 Å². The van der Waals surface area contributed by atoms with Gasteiger partial charge in [-0.3, -0.25) is 0 Å². The van der Waals surface area contributed by atoms with Gasteiger partial charge < -0.3 is 14.2 Å². The summed E-state index contributed by atoms with van der Waals surface area (Å²) in [5.74, 6) is -1.24. The van der Waals surface area contributed by atoms with Crippen molar-refractivity contribution in [1.82, 2.24) is 0 Å². The van der Waals surface area contributed by atoms with Gasteiger partial charge in [-0.25, -0.2) is 4.79 Å². The van der Waals surface area contributed by atoms with Crippen LogP contribution in [0.2, 0.25) is 0 Å². The van der Waals surface area contributed by atoms with Crippen LogP contribution in [0.15, 0.2) is 12.2 Å². The van der Waals surface area contributed by atoms with Crippen molar-refractivity contribution in [1.29, 1.82) is 0 Å². The molecule has 0 amide bonds. The quantitative estimate of drug-likeness (QED) is 0.478. The Bertz CT molecular complexity index is 448. The third kappa shape index (κ3) is 7.27. The predicted octanol–water partition coefficient (Wildman–Crippen LogP) is 4.63. The molecule has 1 aliphatic heterocycles. The number of unbranched alkanes of at least 4 members (excludes halogenated alkanes) is 1. The van der Waals surface area contributed by atoms with Gasteiger partial charge in [-0.2, -0.15) is 13.2 Å². The molecule has 0 unspecified atom stereocenters. The van der Waals surface area contributed by atoms with Crippen molar-refractivity contribution in [2.45, 2.75) is 64.3 Å². The van der Waals surface area contributed by atoms with Gasteiger partial charge in [-0.05, 0) is 50.0 Å². The van der Waals surface area contributed by atoms with Crippen molar-refractivity contribution in [3.63, 3.8) is 0 Å². The maximum absolute atomic E-state index is 12.1. The van der Waals surface area contributed by atoms with Crippen molar-refractivity contribution >= 4 is 5.97 Å². The first-order valence-corrected chi connectivity index (χ1v) is 9.54. The molecular formula is C19H29F3O4. The summed E-state index contributed by atoms with van der Waals surface area (Å²) in [6, 6.07) is 0. The monoisotopic (exact) mass is 378 g/mol. The fraction of sp³-hybridized carbons (Fsp3) is 0.842. The predicted molar refractivity (Wildman–Crippen MR) is 90.3 cm³/mol. The number of allylic oxidation sites excluding steroid dienone is 1. The molecule has 150 valence electrons. The van der Waals surface area contributed by atoms with Crippen LogP contribution in [0, 0.1) is 17.8 Å². The van der Waals surface area contributed by atoms with Crippen molar-refractivity contribution < 1.29 is 32.2 Å². The molecule has 26 heavy (non-hydrogen) atoms. The van der Waals surface area contributed by atoms with E-state index in [0.717, 1.165) is 45.3 Å². The smallest absolute Gasteiger partial charge is 0.459 e. The molecule has 1 saturated heterocycles. The van der Waals surface area contributed by atoms with Gasteiger partial charge in [-0.15, -0.1) is 0 Å². The molecule has 2 rings (SSSR count). The van der Waals surface area contributed by atoms with Crippen molar-refractivity contribution in [3.05, 3.63) is 12.2 Å². The summed E-state index contributed by atoms with van der Waals surface area (Å²) >= 11 is 0. The van der Waals surface area contributed by atoms with E-state index >= 15 is 0 Å². The van der Waals surface area contributed by atoms with E-state index in [4.69, 9.17) is 9.47 Å². The molecule has 0 bridgehead atoms. The lowest BCUT2D eigenvalue weighted by Gasteiger charge is -2.29. The van der Waals surface area contributed by atoms with Crippen LogP contribution in [0.4, 0.5) is 13.2 Å². The molecule has 0 radical (unpaired) electrons. The SMILES string of the molecule is CCCCC1COC(/C=C/C2CCC(COC(=O)C(F)(F)F)CC2)OC1. The summed E-state index contributed by atoms with van der Waals surface area (Å²) in [6.07, 6.45) is 5.60. The highest BCUT2D eigenvalue weighted by Crippen LogP contribution is 2.31. The molecule has 2 aliphatic rings. The maximum atomic E-state index is 12.1. The van der Waals surface area contributed by atoms with E-state index < -0.39 is 12.1 Å². The Morgan fingerprint density at radius 3 is 2.31 bits per heavy atom. The van der Waals surface area contributed by atoms with Crippen LogP contribution in [0.25, 0.3) is 0 Å². The first-order valence-electron chi connectivity index (χ1n) is 9.54. The Morgan fingerprint density at radius 1 is 1.08 bits per heavy atom. The first kappa shape index (κ1) is 21.2. The Labute approximate surface area is 153 Å². The number of ether oxygens (including phenoxy) is 3. The molecule has 1 heterocycles. The van der Waals surface area contributed by atoms with Gasteiger partial charge >= 0.3 is 12.1 Å². The molecule has 0 aromatic heterocycles. The summed E-state index contributed by atoms with van der Waals surface area (Å²) in [4.78, 5) is 10.7. The fourth-order valence-electron chi connectivity index (χ4n) is 3.40. The van der Waals surface area contributed by atoms with Gasteiger partial charge in [0.1, 0.15) is 0 Å². The van der Waals surface area contributed by atoms with E-state index in [1.807, 2.05) is 6.08 Å². The standard InChI is InChI=1S/C19H29F3O4/c1-2-3-4-16-12-24-17(25-13-16)10-9-14-5-7-15(8-6-14)11-26-18(23)19(20,21)22/h9-10,14-17H,2-8,11-13H2,1H3/b10-9+. The Kier molecular flexibility index (Phi) is 8.41. The fourth-order valence-corrected chi connectivity index (χ4v) is 3.40. The van der Waals surface area contributed by atoms with Crippen molar-refractivity contribution in [3.8, 4) is 0 Å². The second kappa shape index (κ2) is 10.3. The van der Waals surface area contributed by atoms with Crippen LogP contribution in [0.3, 0.4) is 0 Å². The zero-order valence-electron chi connectivity index (χ0n) is 15.3. The Morgan fingerprint density at radius 2 is 1.73 bits per heavy atom. The second-order valence-corrected chi connectivity index (χ2v) is 7.31. The van der Waals surface area contributed by atoms with E-state index in [1.54, 1.807) is 0 Å². The number of halogens is 3. The van der Waals surface area contributed by atoms with Gasteiger partial charge in [0.25, 0.3) is 0 Å². The number of hydrogen-bond acceptors (Lipinski definition) is 4. The van der Waals surface area contributed by atoms with Crippen molar-refractivity contribution in [2.24, 2.45) is 17.8 Å². The van der Waals surface area contributed by atoms with Crippen LogP contribution in [-0.2, 0) is 19.0 Å². The summed E-state index contributed by atoms with van der Waals surface area (Å²) < 4.78 is 52.2. The molecule has 2 fully saturated rings. The minimum absolute atomic E-state index is 0.00690. The molecule has 4 nitrogen and oxygen atoms in total. The number of hydrogen-bond donors (Lipinski definition) is 0. The Hall–Kier alpha value is -1.08. The highest BCUT2D eigenvalue weighted by Gasteiger charge is 2.41. The van der Waals surface area contributed by atoms with Gasteiger partial charge in [-0.1, -0.05) is 25.8 Å². The van der Waals surface area contributed by atoms with Crippen LogP contribution < -0.4 is 0 Å². The molecule has 1 saturated carbocycles. The summed E-state index contributed by atoms with van der Waals surface area (Å²) in [5, 5.41) is 0. The molecule has 1 aliphatic carbocycles. The van der Waals surface area contributed by atoms with E-state index in [-0.39, 0.29) is 18.8 Å². The van der Waals surface area contributed by atoms with E-state index in [2.05, 4.69) is 17.7 Å². The molecular weight excluding hydrogens is 349 g/mol. The van der Waals surface area contributed by atoms with E-state index in [0.29, 0.717) is 11.8 Å².